The second-order valence-corrected chi connectivity index (χ2v) is 7.39. The molecule has 0 bridgehead atoms. The summed E-state index contributed by atoms with van der Waals surface area (Å²) in [6.07, 6.45) is 3.80. The lowest BCUT2D eigenvalue weighted by molar-refractivity contribution is 0.730. The fourth-order valence-electron chi connectivity index (χ4n) is 2.65. The average Bonchev–Trinajstić information content (AvgIpc) is 3.06. The fraction of sp³-hybridized carbons (Fsp3) is 0.375. The summed E-state index contributed by atoms with van der Waals surface area (Å²) in [4.78, 5) is 2.73. The Balaban J connectivity index is 1.82. The van der Waals surface area contributed by atoms with Crippen molar-refractivity contribution in [2.75, 3.05) is 0 Å². The fourth-order valence-corrected chi connectivity index (χ4v) is 4.84. The van der Waals surface area contributed by atoms with Crippen molar-refractivity contribution in [2.24, 2.45) is 5.73 Å². The van der Waals surface area contributed by atoms with Gasteiger partial charge in [-0.3, -0.25) is 0 Å². The van der Waals surface area contributed by atoms with Gasteiger partial charge in [-0.05, 0) is 60.9 Å². The average molecular weight is 289 g/mol. The van der Waals surface area contributed by atoms with E-state index in [2.05, 4.69) is 42.6 Å². The number of nitrogens with two attached hydrogens (primary N) is 1. The van der Waals surface area contributed by atoms with Crippen LogP contribution in [0.15, 0.2) is 40.6 Å². The van der Waals surface area contributed by atoms with E-state index in [1.165, 1.54) is 34.6 Å². The Morgan fingerprint density at radius 1 is 1.21 bits per heavy atom. The van der Waals surface area contributed by atoms with E-state index in [0.717, 1.165) is 0 Å². The summed E-state index contributed by atoms with van der Waals surface area (Å²) >= 11 is 3.71. The Labute approximate surface area is 123 Å². The predicted molar refractivity (Wildman–Crippen MR) is 85.0 cm³/mol. The van der Waals surface area contributed by atoms with Crippen molar-refractivity contribution in [3.63, 3.8) is 0 Å². The summed E-state index contributed by atoms with van der Waals surface area (Å²) < 4.78 is 0. The third kappa shape index (κ3) is 2.88. The normalized spacial score (nSPS) is 17.2. The zero-order valence-electron chi connectivity index (χ0n) is 11.1. The lowest BCUT2D eigenvalue weighted by atomic mass is 10.1. The van der Waals surface area contributed by atoms with Crippen LogP contribution in [-0.2, 0) is 12.8 Å². The van der Waals surface area contributed by atoms with E-state index in [0.29, 0.717) is 5.25 Å². The SMILES string of the molecule is CC(N)C(Sc1ccc2c(c1)CCC2)c1cccs1. The molecule has 1 aromatic heterocycles. The van der Waals surface area contributed by atoms with E-state index in [4.69, 9.17) is 5.73 Å². The summed E-state index contributed by atoms with van der Waals surface area (Å²) in [6, 6.07) is 11.4. The Morgan fingerprint density at radius 3 is 2.79 bits per heavy atom. The summed E-state index contributed by atoms with van der Waals surface area (Å²) in [5.74, 6) is 0. The highest BCUT2D eigenvalue weighted by molar-refractivity contribution is 7.99. The van der Waals surface area contributed by atoms with Gasteiger partial charge in [-0.15, -0.1) is 23.1 Å². The van der Waals surface area contributed by atoms with Crippen LogP contribution in [0.4, 0.5) is 0 Å². The molecule has 1 aromatic carbocycles. The number of hydrogen-bond acceptors (Lipinski definition) is 3. The van der Waals surface area contributed by atoms with Crippen LogP contribution in [0.25, 0.3) is 0 Å². The van der Waals surface area contributed by atoms with Crippen molar-refractivity contribution < 1.29 is 0 Å². The maximum absolute atomic E-state index is 6.17. The number of rotatable bonds is 4. The van der Waals surface area contributed by atoms with Gasteiger partial charge in [0.15, 0.2) is 0 Å². The predicted octanol–water partition coefficient (Wildman–Crippen LogP) is 4.42. The minimum atomic E-state index is 0.164. The van der Waals surface area contributed by atoms with E-state index in [1.807, 2.05) is 11.8 Å². The molecule has 3 heteroatoms. The zero-order valence-corrected chi connectivity index (χ0v) is 12.8. The highest BCUT2D eigenvalue weighted by atomic mass is 32.2. The Bertz CT molecular complexity index is 546. The Morgan fingerprint density at radius 2 is 2.05 bits per heavy atom. The van der Waals surface area contributed by atoms with Gasteiger partial charge in [-0.1, -0.05) is 12.1 Å². The topological polar surface area (TPSA) is 26.0 Å². The van der Waals surface area contributed by atoms with Crippen LogP contribution < -0.4 is 5.73 Å². The van der Waals surface area contributed by atoms with Gasteiger partial charge in [-0.2, -0.15) is 0 Å². The molecule has 1 aliphatic carbocycles. The van der Waals surface area contributed by atoms with Crippen LogP contribution >= 0.6 is 23.1 Å². The van der Waals surface area contributed by atoms with Crippen LogP contribution in [0, 0.1) is 0 Å². The number of hydrogen-bond donors (Lipinski definition) is 1. The molecule has 0 amide bonds. The van der Waals surface area contributed by atoms with E-state index < -0.39 is 0 Å². The molecule has 1 aliphatic rings. The van der Waals surface area contributed by atoms with Gasteiger partial charge in [0, 0.05) is 15.8 Å². The molecule has 0 radical (unpaired) electrons. The van der Waals surface area contributed by atoms with Gasteiger partial charge in [0.05, 0.1) is 5.25 Å². The van der Waals surface area contributed by atoms with Gasteiger partial charge in [0.25, 0.3) is 0 Å². The molecule has 1 nitrogen and oxygen atoms in total. The van der Waals surface area contributed by atoms with Crippen LogP contribution in [0.3, 0.4) is 0 Å². The number of fused-ring (bicyclic) bond motifs is 1. The second kappa shape index (κ2) is 5.70. The van der Waals surface area contributed by atoms with E-state index in [1.54, 1.807) is 16.9 Å². The molecular weight excluding hydrogens is 270 g/mol. The largest absolute Gasteiger partial charge is 0.327 e. The standard InChI is InChI=1S/C16H19NS2/c1-11(17)16(15-6-3-9-18-15)19-14-8-7-12-4-2-5-13(12)10-14/h3,6-11,16H,2,4-5,17H2,1H3. The van der Waals surface area contributed by atoms with Gasteiger partial charge in [-0.25, -0.2) is 0 Å². The first-order chi connectivity index (χ1) is 9.24. The quantitative estimate of drug-likeness (QED) is 0.843. The third-order valence-corrected chi connectivity index (χ3v) is 6.20. The number of benzene rings is 1. The second-order valence-electron chi connectivity index (χ2n) is 5.20. The zero-order chi connectivity index (χ0) is 13.2. The van der Waals surface area contributed by atoms with Gasteiger partial charge < -0.3 is 5.73 Å². The van der Waals surface area contributed by atoms with Gasteiger partial charge >= 0.3 is 0 Å². The first kappa shape index (κ1) is 13.2. The number of aryl methyl sites for hydroxylation is 2. The first-order valence-corrected chi connectivity index (χ1v) is 8.57. The maximum atomic E-state index is 6.17. The highest BCUT2D eigenvalue weighted by Gasteiger charge is 2.20. The molecule has 0 fully saturated rings. The lowest BCUT2D eigenvalue weighted by Gasteiger charge is -2.19. The molecule has 2 aromatic rings. The van der Waals surface area contributed by atoms with E-state index in [9.17, 15) is 0 Å². The molecular formula is C16H19NS2. The molecule has 2 atom stereocenters. The first-order valence-electron chi connectivity index (χ1n) is 6.81. The minimum Gasteiger partial charge on any atom is -0.327 e. The van der Waals surface area contributed by atoms with Crippen molar-refractivity contribution in [3.05, 3.63) is 51.7 Å². The highest BCUT2D eigenvalue weighted by Crippen LogP contribution is 2.40. The Hall–Kier alpha value is -0.770. The summed E-state index contributed by atoms with van der Waals surface area (Å²) in [5, 5.41) is 2.49. The van der Waals surface area contributed by atoms with Crippen molar-refractivity contribution in [2.45, 2.75) is 42.4 Å². The van der Waals surface area contributed by atoms with Crippen molar-refractivity contribution in [1.29, 1.82) is 0 Å². The molecule has 19 heavy (non-hydrogen) atoms. The van der Waals surface area contributed by atoms with Crippen LogP contribution in [-0.4, -0.2) is 6.04 Å². The van der Waals surface area contributed by atoms with Crippen molar-refractivity contribution in [3.8, 4) is 0 Å². The van der Waals surface area contributed by atoms with E-state index in [-0.39, 0.29) is 6.04 Å². The lowest BCUT2D eigenvalue weighted by Crippen LogP contribution is -2.21. The number of thioether (sulfide) groups is 1. The summed E-state index contributed by atoms with van der Waals surface area (Å²) in [7, 11) is 0. The number of thiophene rings is 1. The van der Waals surface area contributed by atoms with Crippen LogP contribution in [0.5, 0.6) is 0 Å². The van der Waals surface area contributed by atoms with Gasteiger partial charge in [0.2, 0.25) is 0 Å². The van der Waals surface area contributed by atoms with E-state index >= 15 is 0 Å². The monoisotopic (exact) mass is 289 g/mol. The third-order valence-electron chi connectivity index (χ3n) is 3.63. The van der Waals surface area contributed by atoms with Crippen molar-refractivity contribution >= 4 is 23.1 Å². The summed E-state index contributed by atoms with van der Waals surface area (Å²) in [6.45, 7) is 2.10. The molecule has 0 aliphatic heterocycles. The van der Waals surface area contributed by atoms with Crippen LogP contribution in [0.1, 0.15) is 34.6 Å². The molecule has 2 N–H and O–H groups in total. The molecule has 2 unspecified atom stereocenters. The minimum absolute atomic E-state index is 0.164. The van der Waals surface area contributed by atoms with Crippen molar-refractivity contribution in [1.82, 2.24) is 0 Å². The van der Waals surface area contributed by atoms with Gasteiger partial charge in [0.1, 0.15) is 0 Å². The molecule has 0 saturated heterocycles. The molecule has 3 rings (SSSR count). The molecule has 0 spiro atoms. The molecule has 100 valence electrons. The maximum Gasteiger partial charge on any atom is 0.0586 e. The smallest absolute Gasteiger partial charge is 0.0586 e. The Kier molecular flexibility index (Phi) is 3.96. The molecule has 0 saturated carbocycles. The molecule has 1 heterocycles. The van der Waals surface area contributed by atoms with Crippen LogP contribution in [0.2, 0.25) is 0 Å². The summed E-state index contributed by atoms with van der Waals surface area (Å²) in [5.41, 5.74) is 9.26.